The van der Waals surface area contributed by atoms with Gasteiger partial charge >= 0.3 is 0 Å². The first-order valence-corrected chi connectivity index (χ1v) is 10.4. The Balaban J connectivity index is 0.000000316. The van der Waals surface area contributed by atoms with Crippen molar-refractivity contribution in [3.05, 3.63) is 101 Å². The average molecular weight is 426 g/mol. The molecule has 3 rings (SSSR count). The van der Waals surface area contributed by atoms with Gasteiger partial charge in [0.05, 0.1) is 5.56 Å². The van der Waals surface area contributed by atoms with E-state index in [1.54, 1.807) is 31.5 Å². The number of aromatic nitrogens is 1. The van der Waals surface area contributed by atoms with Gasteiger partial charge in [-0.3, -0.25) is 9.78 Å². The number of hydrogen-bond donors (Lipinski definition) is 2. The second-order valence-corrected chi connectivity index (χ2v) is 7.15. The fraction of sp³-hybridized carbons (Fsp3) is 0.280. The number of carbonyl (C=O) groups is 1. The smallest absolute Gasteiger partial charge is 0.252 e. The van der Waals surface area contributed by atoms with Crippen LogP contribution in [0.15, 0.2) is 67.0 Å². The number of amides is 1. The molecule has 0 bridgehead atoms. The van der Waals surface area contributed by atoms with E-state index in [9.17, 15) is 13.6 Å². The van der Waals surface area contributed by atoms with Crippen molar-refractivity contribution in [2.24, 2.45) is 0 Å². The van der Waals surface area contributed by atoms with Crippen LogP contribution in [0.5, 0.6) is 0 Å². The number of nitrogens with zero attached hydrogens (tertiary/aromatic N) is 1. The highest BCUT2D eigenvalue weighted by atomic mass is 19.1. The summed E-state index contributed by atoms with van der Waals surface area (Å²) in [5.41, 5.74) is 3.88. The minimum atomic E-state index is -0.521. The Hall–Kier alpha value is -3.12. The van der Waals surface area contributed by atoms with Crippen LogP contribution in [-0.2, 0) is 13.0 Å². The number of benzene rings is 2. The summed E-state index contributed by atoms with van der Waals surface area (Å²) in [6, 6.07) is 15.6. The van der Waals surface area contributed by atoms with Crippen molar-refractivity contribution in [1.29, 1.82) is 0 Å². The Morgan fingerprint density at radius 3 is 2.35 bits per heavy atom. The lowest BCUT2D eigenvalue weighted by Gasteiger charge is -2.07. The van der Waals surface area contributed by atoms with E-state index < -0.39 is 11.6 Å². The Bertz CT molecular complexity index is 898. The molecule has 31 heavy (non-hydrogen) atoms. The van der Waals surface area contributed by atoms with Crippen LogP contribution in [0.25, 0.3) is 0 Å². The van der Waals surface area contributed by atoms with Gasteiger partial charge in [0.1, 0.15) is 11.6 Å². The first-order valence-electron chi connectivity index (χ1n) is 10.4. The monoisotopic (exact) mass is 425 g/mol. The minimum absolute atomic E-state index is 0.0660. The zero-order chi connectivity index (χ0) is 22.5. The summed E-state index contributed by atoms with van der Waals surface area (Å²) in [5.74, 6) is -1.11. The topological polar surface area (TPSA) is 54.0 Å². The maximum atomic E-state index is 12.2. The van der Waals surface area contributed by atoms with Crippen molar-refractivity contribution in [3.8, 4) is 0 Å². The lowest BCUT2D eigenvalue weighted by molar-refractivity contribution is 0.0953. The van der Waals surface area contributed by atoms with Crippen LogP contribution in [-0.4, -0.2) is 24.0 Å². The van der Waals surface area contributed by atoms with E-state index in [4.69, 9.17) is 0 Å². The molecule has 0 atom stereocenters. The van der Waals surface area contributed by atoms with Gasteiger partial charge in [-0.25, -0.2) is 8.78 Å². The van der Waals surface area contributed by atoms with Crippen LogP contribution in [0.4, 0.5) is 8.78 Å². The SMILES string of the molecule is CCc1cccc(CNCCCNC(=O)c2cccnc2)c1.Cc1cc(F)cc(F)c1. The number of aryl methyl sites for hydroxylation is 2. The van der Waals surface area contributed by atoms with E-state index in [-0.39, 0.29) is 5.91 Å². The number of pyridine rings is 1. The maximum Gasteiger partial charge on any atom is 0.252 e. The standard InChI is InChI=1S/C18H23N3O.C7H6F2/c1-2-15-6-3-7-16(12-15)13-19-10-5-11-21-18(22)17-8-4-9-20-14-17;1-5-2-6(8)4-7(9)3-5/h3-4,6-9,12,14,19H,2,5,10-11,13H2,1H3,(H,21,22);2-4H,1H3. The molecule has 0 aliphatic carbocycles. The molecule has 0 unspecified atom stereocenters. The van der Waals surface area contributed by atoms with Crippen LogP contribution < -0.4 is 10.6 Å². The fourth-order valence-corrected chi connectivity index (χ4v) is 2.90. The molecular weight excluding hydrogens is 396 g/mol. The van der Waals surface area contributed by atoms with E-state index in [0.717, 1.165) is 32.0 Å². The van der Waals surface area contributed by atoms with Gasteiger partial charge in [-0.2, -0.15) is 0 Å². The van der Waals surface area contributed by atoms with Gasteiger partial charge in [0, 0.05) is 31.5 Å². The molecule has 0 saturated carbocycles. The molecule has 0 radical (unpaired) electrons. The molecule has 1 heterocycles. The van der Waals surface area contributed by atoms with Gasteiger partial charge in [-0.05, 0) is 67.3 Å². The summed E-state index contributed by atoms with van der Waals surface area (Å²) in [5, 5.41) is 6.30. The summed E-state index contributed by atoms with van der Waals surface area (Å²) in [7, 11) is 0. The second kappa shape index (κ2) is 13.2. The van der Waals surface area contributed by atoms with Crippen molar-refractivity contribution in [2.75, 3.05) is 13.1 Å². The van der Waals surface area contributed by atoms with E-state index >= 15 is 0 Å². The van der Waals surface area contributed by atoms with Crippen LogP contribution in [0.3, 0.4) is 0 Å². The van der Waals surface area contributed by atoms with Crippen LogP contribution in [0.2, 0.25) is 0 Å². The summed E-state index contributed by atoms with van der Waals surface area (Å²) >= 11 is 0. The number of rotatable bonds is 8. The van der Waals surface area contributed by atoms with Crippen LogP contribution in [0, 0.1) is 18.6 Å². The lowest BCUT2D eigenvalue weighted by atomic mass is 10.1. The van der Waals surface area contributed by atoms with Crippen LogP contribution in [0.1, 0.15) is 40.4 Å². The Kier molecular flexibility index (Phi) is 10.3. The molecule has 4 nitrogen and oxygen atoms in total. The molecule has 1 amide bonds. The first-order chi connectivity index (χ1) is 15.0. The maximum absolute atomic E-state index is 12.2. The third kappa shape index (κ3) is 9.49. The van der Waals surface area contributed by atoms with E-state index in [0.29, 0.717) is 17.7 Å². The molecule has 1 aromatic heterocycles. The summed E-state index contributed by atoms with van der Waals surface area (Å²) in [6.07, 6.45) is 5.20. The lowest BCUT2D eigenvalue weighted by Crippen LogP contribution is -2.27. The van der Waals surface area contributed by atoms with E-state index in [2.05, 4.69) is 46.8 Å². The van der Waals surface area contributed by atoms with Crippen molar-refractivity contribution < 1.29 is 13.6 Å². The van der Waals surface area contributed by atoms with Crippen molar-refractivity contribution in [1.82, 2.24) is 15.6 Å². The number of carbonyl (C=O) groups excluding carboxylic acids is 1. The van der Waals surface area contributed by atoms with Crippen LogP contribution >= 0.6 is 0 Å². The van der Waals surface area contributed by atoms with Gasteiger partial charge in [-0.15, -0.1) is 0 Å². The highest BCUT2D eigenvalue weighted by Gasteiger charge is 2.03. The highest BCUT2D eigenvalue weighted by Crippen LogP contribution is 2.06. The fourth-order valence-electron chi connectivity index (χ4n) is 2.90. The number of hydrogen-bond acceptors (Lipinski definition) is 3. The molecule has 0 spiro atoms. The predicted octanol–water partition coefficient (Wildman–Crippen LogP) is 4.83. The Morgan fingerprint density at radius 2 is 1.71 bits per heavy atom. The molecule has 2 N–H and O–H groups in total. The normalized spacial score (nSPS) is 10.2. The van der Waals surface area contributed by atoms with Gasteiger partial charge in [0.2, 0.25) is 0 Å². The zero-order valence-electron chi connectivity index (χ0n) is 18.0. The van der Waals surface area contributed by atoms with Gasteiger partial charge < -0.3 is 10.6 Å². The second-order valence-electron chi connectivity index (χ2n) is 7.15. The Labute approximate surface area is 182 Å². The quantitative estimate of drug-likeness (QED) is 0.509. The third-order valence-electron chi connectivity index (χ3n) is 4.48. The molecule has 0 aliphatic rings. The Morgan fingerprint density at radius 1 is 0.968 bits per heavy atom. The van der Waals surface area contributed by atoms with E-state index in [1.807, 2.05) is 0 Å². The van der Waals surface area contributed by atoms with Crippen molar-refractivity contribution >= 4 is 5.91 Å². The molecule has 164 valence electrons. The molecule has 2 aromatic carbocycles. The molecule has 6 heteroatoms. The average Bonchev–Trinajstić information content (AvgIpc) is 2.76. The van der Waals surface area contributed by atoms with Crippen molar-refractivity contribution in [3.63, 3.8) is 0 Å². The molecule has 0 aliphatic heterocycles. The molecule has 0 fully saturated rings. The highest BCUT2D eigenvalue weighted by molar-refractivity contribution is 5.93. The van der Waals surface area contributed by atoms with Gasteiger partial charge in [-0.1, -0.05) is 31.2 Å². The molecule has 3 aromatic rings. The van der Waals surface area contributed by atoms with Gasteiger partial charge in [0.25, 0.3) is 5.91 Å². The molecule has 0 saturated heterocycles. The summed E-state index contributed by atoms with van der Waals surface area (Å²) in [6.45, 7) is 6.22. The minimum Gasteiger partial charge on any atom is -0.352 e. The van der Waals surface area contributed by atoms with Crippen molar-refractivity contribution in [2.45, 2.75) is 33.2 Å². The number of nitrogens with one attached hydrogen (secondary N) is 2. The third-order valence-corrected chi connectivity index (χ3v) is 4.48. The number of halogens is 2. The largest absolute Gasteiger partial charge is 0.352 e. The summed E-state index contributed by atoms with van der Waals surface area (Å²) in [4.78, 5) is 15.7. The predicted molar refractivity (Wildman–Crippen MR) is 120 cm³/mol. The zero-order valence-corrected chi connectivity index (χ0v) is 18.0. The van der Waals surface area contributed by atoms with Gasteiger partial charge in [0.15, 0.2) is 0 Å². The first kappa shape index (κ1) is 24.2. The molecular formula is C25H29F2N3O. The summed E-state index contributed by atoms with van der Waals surface area (Å²) < 4.78 is 24.4. The van der Waals surface area contributed by atoms with E-state index in [1.165, 1.54) is 23.3 Å².